The number of hydrogen-bond donors (Lipinski definition) is 2. The first kappa shape index (κ1) is 20.0. The van der Waals surface area contributed by atoms with Gasteiger partial charge in [-0.05, 0) is 31.2 Å². The van der Waals surface area contributed by atoms with E-state index in [4.69, 9.17) is 11.5 Å². The van der Waals surface area contributed by atoms with Crippen LogP contribution in [-0.4, -0.2) is 12.6 Å². The van der Waals surface area contributed by atoms with Gasteiger partial charge in [-0.15, -0.1) is 0 Å². The summed E-state index contributed by atoms with van der Waals surface area (Å²) in [5, 5.41) is 0. The molecule has 2 nitrogen and oxygen atoms in total. The summed E-state index contributed by atoms with van der Waals surface area (Å²) in [7, 11) is 0. The molecule has 1 fully saturated rings. The Bertz CT molecular complexity index is 248. The van der Waals surface area contributed by atoms with Crippen LogP contribution in [0.4, 0.5) is 0 Å². The lowest BCUT2D eigenvalue weighted by Gasteiger charge is -2.21. The van der Waals surface area contributed by atoms with Gasteiger partial charge in [-0.3, -0.25) is 0 Å². The topological polar surface area (TPSA) is 52.0 Å². The van der Waals surface area contributed by atoms with Crippen molar-refractivity contribution in [1.82, 2.24) is 0 Å². The summed E-state index contributed by atoms with van der Waals surface area (Å²) >= 11 is 0. The average Bonchev–Trinajstić information content (AvgIpc) is 3.33. The molecule has 1 saturated carbocycles. The van der Waals surface area contributed by atoms with Gasteiger partial charge in [-0.1, -0.05) is 90.4 Å². The summed E-state index contributed by atoms with van der Waals surface area (Å²) in [6, 6.07) is 0.366. The Morgan fingerprint density at radius 1 is 0.727 bits per heavy atom. The lowest BCUT2D eigenvalue weighted by Crippen LogP contribution is -2.36. The van der Waals surface area contributed by atoms with Crippen molar-refractivity contribution in [3.8, 4) is 0 Å². The van der Waals surface area contributed by atoms with E-state index >= 15 is 0 Å². The second-order valence-corrected chi connectivity index (χ2v) is 7.70. The van der Waals surface area contributed by atoms with Crippen molar-refractivity contribution in [3.63, 3.8) is 0 Å². The first-order valence-electron chi connectivity index (χ1n) is 10.2. The molecule has 0 aromatic heterocycles. The summed E-state index contributed by atoms with van der Waals surface area (Å²) in [4.78, 5) is 0. The molecule has 0 spiro atoms. The molecule has 0 heterocycles. The molecule has 1 atom stereocenters. The van der Waals surface area contributed by atoms with Crippen LogP contribution >= 0.6 is 0 Å². The van der Waals surface area contributed by atoms with E-state index in [0.717, 1.165) is 6.54 Å². The van der Waals surface area contributed by atoms with E-state index < -0.39 is 0 Å². The van der Waals surface area contributed by atoms with Crippen LogP contribution in [0, 0.1) is 5.41 Å². The van der Waals surface area contributed by atoms with Crippen molar-refractivity contribution in [1.29, 1.82) is 0 Å². The van der Waals surface area contributed by atoms with Crippen molar-refractivity contribution >= 4 is 0 Å². The van der Waals surface area contributed by atoms with Crippen molar-refractivity contribution in [3.05, 3.63) is 0 Å². The van der Waals surface area contributed by atoms with Gasteiger partial charge in [0.25, 0.3) is 0 Å². The van der Waals surface area contributed by atoms with Crippen LogP contribution in [0.3, 0.4) is 0 Å². The fraction of sp³-hybridized carbons (Fsp3) is 1.00. The Labute approximate surface area is 139 Å². The number of hydrogen-bond acceptors (Lipinski definition) is 2. The molecule has 0 bridgehead atoms. The van der Waals surface area contributed by atoms with Crippen LogP contribution in [-0.2, 0) is 0 Å². The first-order valence-corrected chi connectivity index (χ1v) is 10.2. The zero-order chi connectivity index (χ0) is 16.1. The maximum absolute atomic E-state index is 6.28. The molecule has 0 aromatic carbocycles. The highest BCUT2D eigenvalue weighted by molar-refractivity contribution is 5.01. The highest BCUT2D eigenvalue weighted by atomic mass is 14.8. The molecule has 0 aromatic rings. The van der Waals surface area contributed by atoms with E-state index in [1.807, 2.05) is 0 Å². The maximum atomic E-state index is 6.28. The van der Waals surface area contributed by atoms with Crippen LogP contribution in [0.2, 0.25) is 0 Å². The van der Waals surface area contributed by atoms with Crippen LogP contribution < -0.4 is 11.5 Å². The second-order valence-electron chi connectivity index (χ2n) is 7.70. The van der Waals surface area contributed by atoms with Crippen LogP contribution in [0.15, 0.2) is 0 Å². The van der Waals surface area contributed by atoms with Gasteiger partial charge in [-0.2, -0.15) is 0 Å². The summed E-state index contributed by atoms with van der Waals surface area (Å²) < 4.78 is 0. The molecule has 1 aliphatic rings. The smallest absolute Gasteiger partial charge is 0.0108 e. The van der Waals surface area contributed by atoms with Crippen molar-refractivity contribution in [2.75, 3.05) is 6.54 Å². The molecule has 1 aliphatic carbocycles. The molecule has 22 heavy (non-hydrogen) atoms. The molecule has 0 aliphatic heterocycles. The Balaban J connectivity index is 1.75. The summed E-state index contributed by atoms with van der Waals surface area (Å²) in [5.41, 5.74) is 12.5. The SMILES string of the molecule is CCCCCCCCCCCCCCC[C@@H](N)C1(CN)CC1. The van der Waals surface area contributed by atoms with Gasteiger partial charge in [0.2, 0.25) is 0 Å². The molecule has 2 heteroatoms. The van der Waals surface area contributed by atoms with E-state index in [1.165, 1.54) is 103 Å². The quantitative estimate of drug-likeness (QED) is 0.368. The lowest BCUT2D eigenvalue weighted by molar-refractivity contribution is 0.373. The predicted molar refractivity (Wildman–Crippen MR) is 99.0 cm³/mol. The Hall–Kier alpha value is -0.0800. The third-order valence-electron chi connectivity index (χ3n) is 5.70. The highest BCUT2D eigenvalue weighted by Crippen LogP contribution is 2.48. The fourth-order valence-electron chi connectivity index (χ4n) is 3.58. The molecular formula is C20H42N2. The molecule has 1 rings (SSSR count). The van der Waals surface area contributed by atoms with E-state index in [2.05, 4.69) is 6.92 Å². The zero-order valence-electron chi connectivity index (χ0n) is 15.3. The highest BCUT2D eigenvalue weighted by Gasteiger charge is 2.45. The van der Waals surface area contributed by atoms with E-state index in [-0.39, 0.29) is 0 Å². The minimum atomic E-state index is 0.344. The van der Waals surface area contributed by atoms with E-state index in [9.17, 15) is 0 Å². The second kappa shape index (κ2) is 12.4. The standard InChI is InChI=1S/C20H42N2/c1-2-3-4-5-6-7-8-9-10-11-12-13-14-15-19(22)20(18-21)16-17-20/h19H,2-18,21-22H2,1H3/t19-/m1/s1. The van der Waals surface area contributed by atoms with Crippen LogP contribution in [0.5, 0.6) is 0 Å². The number of rotatable bonds is 16. The third kappa shape index (κ3) is 8.53. The Morgan fingerprint density at radius 3 is 1.50 bits per heavy atom. The monoisotopic (exact) mass is 310 g/mol. The molecule has 0 unspecified atom stereocenters. The number of nitrogens with two attached hydrogens (primary N) is 2. The predicted octanol–water partition coefficient (Wildman–Crippen LogP) is 5.53. The summed E-state index contributed by atoms with van der Waals surface area (Å²) in [6.45, 7) is 3.09. The molecule has 4 N–H and O–H groups in total. The van der Waals surface area contributed by atoms with Gasteiger partial charge in [-0.25, -0.2) is 0 Å². The van der Waals surface area contributed by atoms with Gasteiger partial charge in [0.1, 0.15) is 0 Å². The summed E-state index contributed by atoms with van der Waals surface area (Å²) in [6.07, 6.45) is 22.2. The normalized spacial score (nSPS) is 17.6. The van der Waals surface area contributed by atoms with E-state index in [1.54, 1.807) is 0 Å². The van der Waals surface area contributed by atoms with Gasteiger partial charge >= 0.3 is 0 Å². The van der Waals surface area contributed by atoms with E-state index in [0.29, 0.717) is 11.5 Å². The van der Waals surface area contributed by atoms with Gasteiger partial charge in [0.15, 0.2) is 0 Å². The van der Waals surface area contributed by atoms with Gasteiger partial charge in [0, 0.05) is 6.04 Å². The zero-order valence-corrected chi connectivity index (χ0v) is 15.3. The van der Waals surface area contributed by atoms with Crippen LogP contribution in [0.25, 0.3) is 0 Å². The molecule has 0 saturated heterocycles. The molecule has 132 valence electrons. The minimum Gasteiger partial charge on any atom is -0.330 e. The minimum absolute atomic E-state index is 0.344. The first-order chi connectivity index (χ1) is 10.7. The average molecular weight is 311 g/mol. The molecular weight excluding hydrogens is 268 g/mol. The fourth-order valence-corrected chi connectivity index (χ4v) is 3.58. The largest absolute Gasteiger partial charge is 0.330 e. The number of unbranched alkanes of at least 4 members (excludes halogenated alkanes) is 12. The maximum Gasteiger partial charge on any atom is 0.0108 e. The Kier molecular flexibility index (Phi) is 11.2. The molecule has 0 amide bonds. The van der Waals surface area contributed by atoms with Crippen LogP contribution in [0.1, 0.15) is 110 Å². The van der Waals surface area contributed by atoms with Crippen molar-refractivity contribution in [2.45, 2.75) is 116 Å². The lowest BCUT2D eigenvalue weighted by atomic mass is 9.92. The molecule has 0 radical (unpaired) electrons. The van der Waals surface area contributed by atoms with Crippen molar-refractivity contribution < 1.29 is 0 Å². The van der Waals surface area contributed by atoms with Gasteiger partial charge in [0.05, 0.1) is 0 Å². The third-order valence-corrected chi connectivity index (χ3v) is 5.70. The Morgan fingerprint density at radius 2 is 1.14 bits per heavy atom. The van der Waals surface area contributed by atoms with Gasteiger partial charge < -0.3 is 11.5 Å². The summed E-state index contributed by atoms with van der Waals surface area (Å²) in [5.74, 6) is 0. The van der Waals surface area contributed by atoms with Crippen molar-refractivity contribution in [2.24, 2.45) is 16.9 Å².